The molecule has 0 spiro atoms. The van der Waals surface area contributed by atoms with Gasteiger partial charge in [0.15, 0.2) is 0 Å². The maximum Gasteiger partial charge on any atom is 0.243 e. The van der Waals surface area contributed by atoms with E-state index < -0.39 is 5.54 Å². The average molecular weight is 262 g/mol. The van der Waals surface area contributed by atoms with Crippen molar-refractivity contribution in [1.29, 1.82) is 0 Å². The summed E-state index contributed by atoms with van der Waals surface area (Å²) in [4.78, 5) is 14.4. The molecule has 102 valence electrons. The van der Waals surface area contributed by atoms with E-state index in [1.54, 1.807) is 6.07 Å². The van der Waals surface area contributed by atoms with Gasteiger partial charge in [0, 0.05) is 12.6 Å². The van der Waals surface area contributed by atoms with E-state index in [1.807, 2.05) is 11.0 Å². The quantitative estimate of drug-likeness (QED) is 0.904. The number of nitrogens with zero attached hydrogens (tertiary/aromatic N) is 1. The zero-order valence-corrected chi connectivity index (χ0v) is 10.9. The van der Waals surface area contributed by atoms with Crippen LogP contribution in [-0.4, -0.2) is 22.4 Å². The Balaban J connectivity index is 1.76. The summed E-state index contributed by atoms with van der Waals surface area (Å²) in [6.45, 7) is 0.472. The molecule has 2 fully saturated rings. The third-order valence-corrected chi connectivity index (χ3v) is 4.16. The zero-order valence-electron chi connectivity index (χ0n) is 10.9. The Bertz CT molecular complexity index is 495. The maximum atomic E-state index is 13.2. The van der Waals surface area contributed by atoms with Crippen molar-refractivity contribution in [3.63, 3.8) is 0 Å². The Kier molecular flexibility index (Phi) is 3.05. The first-order valence-electron chi connectivity index (χ1n) is 6.93. The second kappa shape index (κ2) is 4.60. The summed E-state index contributed by atoms with van der Waals surface area (Å²) in [5, 5.41) is 0. The van der Waals surface area contributed by atoms with E-state index in [2.05, 4.69) is 0 Å². The molecule has 3 rings (SSSR count). The first-order chi connectivity index (χ1) is 9.08. The topological polar surface area (TPSA) is 46.3 Å². The van der Waals surface area contributed by atoms with Gasteiger partial charge in [-0.15, -0.1) is 0 Å². The van der Waals surface area contributed by atoms with Crippen molar-refractivity contribution in [2.75, 3.05) is 0 Å². The van der Waals surface area contributed by atoms with Crippen LogP contribution in [0.15, 0.2) is 24.3 Å². The molecular formula is C15H19FN2O. The Morgan fingerprint density at radius 1 is 1.42 bits per heavy atom. The van der Waals surface area contributed by atoms with Crippen molar-refractivity contribution in [3.05, 3.63) is 35.6 Å². The van der Waals surface area contributed by atoms with Crippen LogP contribution in [0, 0.1) is 5.82 Å². The van der Waals surface area contributed by atoms with Gasteiger partial charge in [-0.25, -0.2) is 4.39 Å². The van der Waals surface area contributed by atoms with Crippen molar-refractivity contribution in [2.24, 2.45) is 5.73 Å². The molecule has 0 atom stereocenters. The lowest BCUT2D eigenvalue weighted by molar-refractivity contribution is -0.141. The molecule has 0 aromatic heterocycles. The molecule has 0 saturated heterocycles. The van der Waals surface area contributed by atoms with Gasteiger partial charge in [0.1, 0.15) is 5.82 Å². The van der Waals surface area contributed by atoms with E-state index in [0.717, 1.165) is 37.7 Å². The lowest BCUT2D eigenvalue weighted by Gasteiger charge is -2.40. The van der Waals surface area contributed by atoms with Crippen LogP contribution < -0.4 is 5.73 Å². The largest absolute Gasteiger partial charge is 0.334 e. The van der Waals surface area contributed by atoms with E-state index in [0.29, 0.717) is 12.6 Å². The standard InChI is InChI=1S/C15H19FN2O/c16-12-4-1-3-11(9-12)10-18(13-5-6-13)14(19)15(17)7-2-8-15/h1,3-4,9,13H,2,5-8,10,17H2. The molecule has 0 heterocycles. The van der Waals surface area contributed by atoms with Crippen LogP contribution in [0.5, 0.6) is 0 Å². The minimum Gasteiger partial charge on any atom is -0.334 e. The predicted molar refractivity (Wildman–Crippen MR) is 70.7 cm³/mol. The molecule has 0 unspecified atom stereocenters. The normalized spacial score (nSPS) is 20.7. The van der Waals surface area contributed by atoms with Crippen molar-refractivity contribution in [1.82, 2.24) is 4.90 Å². The van der Waals surface area contributed by atoms with Gasteiger partial charge in [-0.05, 0) is 49.8 Å². The van der Waals surface area contributed by atoms with Gasteiger partial charge in [-0.3, -0.25) is 4.79 Å². The molecule has 3 nitrogen and oxygen atoms in total. The number of amides is 1. The Labute approximate surface area is 112 Å². The Morgan fingerprint density at radius 2 is 2.16 bits per heavy atom. The summed E-state index contributed by atoms with van der Waals surface area (Å²) in [7, 11) is 0. The minimum absolute atomic E-state index is 0.0468. The van der Waals surface area contributed by atoms with E-state index >= 15 is 0 Å². The molecular weight excluding hydrogens is 243 g/mol. The third kappa shape index (κ3) is 2.50. The van der Waals surface area contributed by atoms with E-state index in [-0.39, 0.29) is 11.7 Å². The van der Waals surface area contributed by atoms with E-state index in [4.69, 9.17) is 5.73 Å². The van der Waals surface area contributed by atoms with Crippen LogP contribution in [0.4, 0.5) is 4.39 Å². The van der Waals surface area contributed by atoms with Crippen molar-refractivity contribution < 1.29 is 9.18 Å². The van der Waals surface area contributed by atoms with Gasteiger partial charge in [0.25, 0.3) is 0 Å². The van der Waals surface area contributed by atoms with Gasteiger partial charge in [-0.2, -0.15) is 0 Å². The fourth-order valence-electron chi connectivity index (χ4n) is 2.64. The first-order valence-corrected chi connectivity index (χ1v) is 6.93. The monoisotopic (exact) mass is 262 g/mol. The highest BCUT2D eigenvalue weighted by Crippen LogP contribution is 2.36. The smallest absolute Gasteiger partial charge is 0.243 e. The number of hydrogen-bond donors (Lipinski definition) is 1. The summed E-state index contributed by atoms with van der Waals surface area (Å²) in [5.41, 5.74) is 6.31. The molecule has 4 heteroatoms. The fraction of sp³-hybridized carbons (Fsp3) is 0.533. The summed E-state index contributed by atoms with van der Waals surface area (Å²) in [5.74, 6) is -0.211. The van der Waals surface area contributed by atoms with Crippen LogP contribution in [0.25, 0.3) is 0 Å². The second-order valence-electron chi connectivity index (χ2n) is 5.80. The highest BCUT2D eigenvalue weighted by atomic mass is 19.1. The predicted octanol–water partition coefficient (Wildman–Crippen LogP) is 2.20. The second-order valence-corrected chi connectivity index (χ2v) is 5.80. The van der Waals surface area contributed by atoms with Crippen molar-refractivity contribution >= 4 is 5.91 Å². The lowest BCUT2D eigenvalue weighted by Crippen LogP contribution is -2.59. The third-order valence-electron chi connectivity index (χ3n) is 4.16. The van der Waals surface area contributed by atoms with Crippen LogP contribution in [0.3, 0.4) is 0 Å². The highest BCUT2D eigenvalue weighted by molar-refractivity contribution is 5.87. The SMILES string of the molecule is NC1(C(=O)N(Cc2cccc(F)c2)C2CC2)CCC1. The first kappa shape index (κ1) is 12.6. The number of rotatable bonds is 4. The van der Waals surface area contributed by atoms with Gasteiger partial charge >= 0.3 is 0 Å². The molecule has 2 saturated carbocycles. The van der Waals surface area contributed by atoms with E-state index in [1.165, 1.54) is 12.1 Å². The summed E-state index contributed by atoms with van der Waals surface area (Å²) in [6.07, 6.45) is 4.66. The Morgan fingerprint density at radius 3 is 2.68 bits per heavy atom. The average Bonchev–Trinajstić information content (AvgIpc) is 3.16. The molecule has 1 aromatic rings. The van der Waals surface area contributed by atoms with E-state index in [9.17, 15) is 9.18 Å². The lowest BCUT2D eigenvalue weighted by atomic mass is 9.76. The van der Waals surface area contributed by atoms with Crippen LogP contribution in [0.1, 0.15) is 37.7 Å². The molecule has 1 aromatic carbocycles. The van der Waals surface area contributed by atoms with Gasteiger partial charge < -0.3 is 10.6 Å². The number of benzene rings is 1. The fourth-order valence-corrected chi connectivity index (χ4v) is 2.64. The molecule has 19 heavy (non-hydrogen) atoms. The molecule has 2 aliphatic carbocycles. The molecule has 0 radical (unpaired) electrons. The number of carbonyl (C=O) groups is 1. The summed E-state index contributed by atoms with van der Waals surface area (Å²) >= 11 is 0. The maximum absolute atomic E-state index is 13.2. The molecule has 2 aliphatic rings. The van der Waals surface area contributed by atoms with Crippen molar-refractivity contribution in [3.8, 4) is 0 Å². The summed E-state index contributed by atoms with van der Waals surface area (Å²) < 4.78 is 13.2. The Hall–Kier alpha value is -1.42. The zero-order chi connectivity index (χ0) is 13.5. The molecule has 0 bridgehead atoms. The molecule has 2 N–H and O–H groups in total. The van der Waals surface area contributed by atoms with Crippen LogP contribution >= 0.6 is 0 Å². The highest BCUT2D eigenvalue weighted by Gasteiger charge is 2.46. The molecule has 0 aliphatic heterocycles. The van der Waals surface area contributed by atoms with Crippen LogP contribution in [0.2, 0.25) is 0 Å². The van der Waals surface area contributed by atoms with Gasteiger partial charge in [0.2, 0.25) is 5.91 Å². The number of halogens is 1. The van der Waals surface area contributed by atoms with Crippen LogP contribution in [-0.2, 0) is 11.3 Å². The summed E-state index contributed by atoms with van der Waals surface area (Å²) in [6, 6.07) is 6.75. The molecule has 1 amide bonds. The van der Waals surface area contributed by atoms with Crippen molar-refractivity contribution in [2.45, 2.75) is 50.2 Å². The number of hydrogen-bond acceptors (Lipinski definition) is 2. The van der Waals surface area contributed by atoms with Gasteiger partial charge in [-0.1, -0.05) is 12.1 Å². The minimum atomic E-state index is -0.657. The number of nitrogens with two attached hydrogens (primary N) is 1. The number of carbonyl (C=O) groups excluding carboxylic acids is 1. The van der Waals surface area contributed by atoms with Gasteiger partial charge in [0.05, 0.1) is 5.54 Å².